The summed E-state index contributed by atoms with van der Waals surface area (Å²) < 4.78 is 8.81. The Morgan fingerprint density at radius 2 is 1.33 bits per heavy atom. The molecule has 3 heterocycles. The molecule has 0 bridgehead atoms. The first-order chi connectivity index (χ1) is 22.1. The predicted octanol–water partition coefficient (Wildman–Crippen LogP) is 10.6. The summed E-state index contributed by atoms with van der Waals surface area (Å²) in [6, 6.07) is 44.9. The maximum atomic E-state index is 6.61. The largest absolute Gasteiger partial charge is 0.454 e. The molecule has 0 N–H and O–H groups in total. The van der Waals surface area contributed by atoms with Crippen LogP contribution in [0.1, 0.15) is 25.0 Å². The molecule has 0 saturated carbocycles. The van der Waals surface area contributed by atoms with Gasteiger partial charge in [0, 0.05) is 37.9 Å². The summed E-state index contributed by atoms with van der Waals surface area (Å²) in [7, 11) is 0. The third-order valence-corrected chi connectivity index (χ3v) is 9.79. The summed E-state index contributed by atoms with van der Waals surface area (Å²) in [5.74, 6) is 0.633. The molecule has 0 amide bonds. The predicted molar refractivity (Wildman–Crippen MR) is 184 cm³/mol. The summed E-state index contributed by atoms with van der Waals surface area (Å²) in [5.41, 5.74) is 11.7. The van der Waals surface area contributed by atoms with Crippen LogP contribution in [-0.2, 0) is 5.41 Å². The van der Waals surface area contributed by atoms with Gasteiger partial charge < -0.3 is 4.42 Å². The van der Waals surface area contributed by atoms with E-state index in [0.29, 0.717) is 5.95 Å². The lowest BCUT2D eigenvalue weighted by atomic mass is 9.80. The summed E-state index contributed by atoms with van der Waals surface area (Å²) in [5, 5.41) is 5.56. The molecule has 0 fully saturated rings. The van der Waals surface area contributed by atoms with Crippen molar-refractivity contribution in [1.29, 1.82) is 0 Å². The third-order valence-electron chi connectivity index (χ3n) is 9.79. The topological polar surface area (TPSA) is 43.9 Å². The molecule has 4 nitrogen and oxygen atoms in total. The van der Waals surface area contributed by atoms with Gasteiger partial charge in [-0.05, 0) is 46.5 Å². The number of furan rings is 1. The molecule has 0 unspecified atom stereocenters. The molecular weight excluding hydrogens is 550 g/mol. The molecule has 1 aliphatic carbocycles. The first-order valence-corrected chi connectivity index (χ1v) is 15.4. The quantitative estimate of drug-likeness (QED) is 0.205. The summed E-state index contributed by atoms with van der Waals surface area (Å²) in [6.45, 7) is 4.65. The SMILES string of the molecule is CC1(C)c2ccccc2-c2ccc3nc(-n4c5ccccc5c5ccc6c7ccccc7oc6c54)nc(-c4ccccc4)c3c21. The van der Waals surface area contributed by atoms with Crippen molar-refractivity contribution in [3.63, 3.8) is 0 Å². The van der Waals surface area contributed by atoms with E-state index < -0.39 is 0 Å². The lowest BCUT2D eigenvalue weighted by Gasteiger charge is -2.24. The highest BCUT2D eigenvalue weighted by Gasteiger charge is 2.38. The molecule has 45 heavy (non-hydrogen) atoms. The first kappa shape index (κ1) is 24.7. The van der Waals surface area contributed by atoms with Crippen LogP contribution in [0.3, 0.4) is 0 Å². The van der Waals surface area contributed by atoms with Crippen LogP contribution >= 0.6 is 0 Å². The van der Waals surface area contributed by atoms with Crippen LogP contribution in [0.25, 0.3) is 83.0 Å². The molecule has 212 valence electrons. The van der Waals surface area contributed by atoms with E-state index in [0.717, 1.165) is 65.9 Å². The van der Waals surface area contributed by atoms with Gasteiger partial charge in [-0.3, -0.25) is 4.57 Å². The van der Waals surface area contributed by atoms with Gasteiger partial charge in [-0.1, -0.05) is 117 Å². The minimum Gasteiger partial charge on any atom is -0.454 e. The highest BCUT2D eigenvalue weighted by atomic mass is 16.3. The fourth-order valence-corrected chi connectivity index (χ4v) is 7.83. The summed E-state index contributed by atoms with van der Waals surface area (Å²) >= 11 is 0. The molecule has 6 aromatic carbocycles. The zero-order valence-electron chi connectivity index (χ0n) is 24.9. The average molecular weight is 578 g/mol. The van der Waals surface area contributed by atoms with Gasteiger partial charge in [-0.15, -0.1) is 0 Å². The van der Waals surface area contributed by atoms with Gasteiger partial charge in [-0.2, -0.15) is 0 Å². The number of nitrogens with zero attached hydrogens (tertiary/aromatic N) is 3. The number of para-hydroxylation sites is 2. The van der Waals surface area contributed by atoms with Gasteiger partial charge in [0.1, 0.15) is 11.1 Å². The van der Waals surface area contributed by atoms with E-state index in [1.807, 2.05) is 12.1 Å². The van der Waals surface area contributed by atoms with Crippen molar-refractivity contribution in [2.45, 2.75) is 19.3 Å². The lowest BCUT2D eigenvalue weighted by Crippen LogP contribution is -2.16. The average Bonchev–Trinajstić information content (AvgIpc) is 3.71. The van der Waals surface area contributed by atoms with Crippen LogP contribution in [0.4, 0.5) is 0 Å². The molecule has 4 heteroatoms. The van der Waals surface area contributed by atoms with Crippen molar-refractivity contribution in [2.75, 3.05) is 0 Å². The minimum absolute atomic E-state index is 0.201. The zero-order valence-corrected chi connectivity index (χ0v) is 24.9. The molecule has 0 spiro atoms. The van der Waals surface area contributed by atoms with E-state index in [1.54, 1.807) is 0 Å². The first-order valence-electron chi connectivity index (χ1n) is 15.4. The minimum atomic E-state index is -0.201. The van der Waals surface area contributed by atoms with Crippen molar-refractivity contribution >= 4 is 54.6 Å². The van der Waals surface area contributed by atoms with Crippen LogP contribution in [0.5, 0.6) is 0 Å². The lowest BCUT2D eigenvalue weighted by molar-refractivity contribution is 0.666. The number of hydrogen-bond donors (Lipinski definition) is 0. The van der Waals surface area contributed by atoms with Crippen LogP contribution in [0.15, 0.2) is 132 Å². The normalized spacial score (nSPS) is 13.7. The maximum absolute atomic E-state index is 6.61. The third kappa shape index (κ3) is 3.21. The maximum Gasteiger partial charge on any atom is 0.235 e. The fourth-order valence-electron chi connectivity index (χ4n) is 7.83. The fraction of sp³-hybridized carbons (Fsp3) is 0.0732. The van der Waals surface area contributed by atoms with Crippen LogP contribution < -0.4 is 0 Å². The molecule has 9 aromatic rings. The van der Waals surface area contributed by atoms with Crippen molar-refractivity contribution in [3.8, 4) is 28.3 Å². The summed E-state index contributed by atoms with van der Waals surface area (Å²) in [4.78, 5) is 10.9. The van der Waals surface area contributed by atoms with Crippen LogP contribution in [-0.4, -0.2) is 14.5 Å². The number of aromatic nitrogens is 3. The van der Waals surface area contributed by atoms with E-state index in [1.165, 1.54) is 22.3 Å². The highest BCUT2D eigenvalue weighted by Crippen LogP contribution is 2.52. The number of hydrogen-bond acceptors (Lipinski definition) is 3. The van der Waals surface area contributed by atoms with E-state index in [-0.39, 0.29) is 5.41 Å². The van der Waals surface area contributed by atoms with E-state index in [9.17, 15) is 0 Å². The van der Waals surface area contributed by atoms with Gasteiger partial charge >= 0.3 is 0 Å². The smallest absolute Gasteiger partial charge is 0.235 e. The van der Waals surface area contributed by atoms with Crippen molar-refractivity contribution < 1.29 is 4.42 Å². The Bertz CT molecular complexity index is 2680. The Morgan fingerprint density at radius 1 is 0.600 bits per heavy atom. The number of benzene rings is 6. The molecule has 0 saturated heterocycles. The van der Waals surface area contributed by atoms with Crippen LogP contribution in [0, 0.1) is 0 Å². The molecular formula is C41H27N3O. The highest BCUT2D eigenvalue weighted by molar-refractivity contribution is 6.21. The van der Waals surface area contributed by atoms with Gasteiger partial charge in [0.25, 0.3) is 0 Å². The van der Waals surface area contributed by atoms with Crippen molar-refractivity contribution in [3.05, 3.63) is 139 Å². The van der Waals surface area contributed by atoms with Gasteiger partial charge in [0.15, 0.2) is 5.58 Å². The Balaban J connectivity index is 1.37. The van der Waals surface area contributed by atoms with E-state index >= 15 is 0 Å². The van der Waals surface area contributed by atoms with Crippen LogP contribution in [0.2, 0.25) is 0 Å². The molecule has 0 atom stereocenters. The Kier molecular flexibility index (Phi) is 4.76. The molecule has 1 aliphatic rings. The zero-order chi connectivity index (χ0) is 29.9. The van der Waals surface area contributed by atoms with Gasteiger partial charge in [0.05, 0.1) is 16.7 Å². The molecule has 3 aromatic heterocycles. The Hall–Kier alpha value is -5.74. The second-order valence-electron chi connectivity index (χ2n) is 12.6. The molecule has 0 aliphatic heterocycles. The Labute approximate surface area is 259 Å². The standard InChI is InChI=1S/C41H27N3O/c1-41(2)31-17-9-6-14-25(31)28-22-23-32-35(36(28)41)37(24-12-4-3-5-13-24)43-40(42-32)44-33-18-10-7-15-26(33)29-20-21-30-27-16-8-11-19-34(27)45-39(30)38(29)44/h3-23H,1-2H3. The second-order valence-corrected chi connectivity index (χ2v) is 12.6. The van der Waals surface area contributed by atoms with Gasteiger partial charge in [-0.25, -0.2) is 9.97 Å². The number of fused-ring (bicyclic) bond motifs is 12. The molecule has 10 rings (SSSR count). The van der Waals surface area contributed by atoms with Crippen molar-refractivity contribution in [1.82, 2.24) is 14.5 Å². The van der Waals surface area contributed by atoms with E-state index in [4.69, 9.17) is 14.4 Å². The molecule has 0 radical (unpaired) electrons. The second kappa shape index (κ2) is 8.67. The van der Waals surface area contributed by atoms with Crippen molar-refractivity contribution in [2.24, 2.45) is 0 Å². The number of rotatable bonds is 2. The monoisotopic (exact) mass is 577 g/mol. The Morgan fingerprint density at radius 3 is 2.22 bits per heavy atom. The van der Waals surface area contributed by atoms with E-state index in [2.05, 4.69) is 134 Å². The summed E-state index contributed by atoms with van der Waals surface area (Å²) in [6.07, 6.45) is 0. The van der Waals surface area contributed by atoms with Gasteiger partial charge in [0.2, 0.25) is 5.95 Å².